The molecule has 4 nitrogen and oxygen atoms in total. The summed E-state index contributed by atoms with van der Waals surface area (Å²) in [5.74, 6) is 0.505. The zero-order chi connectivity index (χ0) is 19.9. The SMILES string of the molecule is COc1cccc(C(=O)N2CCCC23CN(c2cccc(F)c2)C(C)(C)C3)c1. The van der Waals surface area contributed by atoms with Gasteiger partial charge < -0.3 is 14.5 Å². The highest BCUT2D eigenvalue weighted by atomic mass is 19.1. The summed E-state index contributed by atoms with van der Waals surface area (Å²) in [5, 5.41) is 0. The number of amides is 1. The van der Waals surface area contributed by atoms with E-state index in [4.69, 9.17) is 4.74 Å². The summed E-state index contributed by atoms with van der Waals surface area (Å²) >= 11 is 0. The molecule has 2 fully saturated rings. The summed E-state index contributed by atoms with van der Waals surface area (Å²) in [7, 11) is 1.61. The standard InChI is InChI=1S/C23H27FN2O2/c1-22(2)15-23(16-26(22)19-9-5-8-18(24)14-19)11-6-12-25(23)21(27)17-7-4-10-20(13-17)28-3/h4-5,7-10,13-14H,6,11-12,15-16H2,1-3H3. The Morgan fingerprint density at radius 2 is 1.93 bits per heavy atom. The van der Waals surface area contributed by atoms with Gasteiger partial charge in [-0.3, -0.25) is 4.79 Å². The van der Waals surface area contributed by atoms with Crippen LogP contribution in [0.25, 0.3) is 0 Å². The van der Waals surface area contributed by atoms with Crippen LogP contribution >= 0.6 is 0 Å². The summed E-state index contributed by atoms with van der Waals surface area (Å²) in [6.07, 6.45) is 2.83. The number of methoxy groups -OCH3 is 1. The Balaban J connectivity index is 1.66. The first-order chi connectivity index (χ1) is 13.3. The van der Waals surface area contributed by atoms with Crippen LogP contribution in [0.2, 0.25) is 0 Å². The third-order valence-corrected chi connectivity index (χ3v) is 6.22. The van der Waals surface area contributed by atoms with Crippen LogP contribution in [-0.4, -0.2) is 42.1 Å². The fourth-order valence-electron chi connectivity index (χ4n) is 5.07. The van der Waals surface area contributed by atoms with E-state index in [0.717, 1.165) is 38.0 Å². The van der Waals surface area contributed by atoms with Gasteiger partial charge in [-0.1, -0.05) is 12.1 Å². The topological polar surface area (TPSA) is 32.8 Å². The van der Waals surface area contributed by atoms with Crippen LogP contribution in [0, 0.1) is 5.82 Å². The second-order valence-corrected chi connectivity index (χ2v) is 8.57. The van der Waals surface area contributed by atoms with Crippen LogP contribution in [0.15, 0.2) is 48.5 Å². The molecular formula is C23H27FN2O2. The number of rotatable bonds is 3. The number of ether oxygens (including phenoxy) is 1. The van der Waals surface area contributed by atoms with E-state index in [1.54, 1.807) is 25.3 Å². The van der Waals surface area contributed by atoms with E-state index in [9.17, 15) is 9.18 Å². The summed E-state index contributed by atoms with van der Waals surface area (Å²) in [6.45, 7) is 5.83. The van der Waals surface area contributed by atoms with Gasteiger partial charge in [0.15, 0.2) is 0 Å². The minimum Gasteiger partial charge on any atom is -0.497 e. The summed E-state index contributed by atoms with van der Waals surface area (Å²) < 4.78 is 19.1. The molecule has 0 saturated carbocycles. The molecule has 2 saturated heterocycles. The van der Waals surface area contributed by atoms with Gasteiger partial charge in [0, 0.05) is 29.9 Å². The highest BCUT2D eigenvalue weighted by molar-refractivity contribution is 5.95. The molecule has 148 valence electrons. The Labute approximate surface area is 165 Å². The van der Waals surface area contributed by atoms with Gasteiger partial charge in [0.25, 0.3) is 5.91 Å². The van der Waals surface area contributed by atoms with Crippen molar-refractivity contribution in [2.24, 2.45) is 0 Å². The van der Waals surface area contributed by atoms with Gasteiger partial charge in [-0.25, -0.2) is 4.39 Å². The molecule has 28 heavy (non-hydrogen) atoms. The van der Waals surface area contributed by atoms with Gasteiger partial charge in [-0.05, 0) is 69.5 Å². The lowest BCUT2D eigenvalue weighted by molar-refractivity contribution is 0.0617. The molecule has 0 N–H and O–H groups in total. The number of halogens is 1. The number of nitrogens with zero attached hydrogens (tertiary/aromatic N) is 2. The Kier molecular flexibility index (Phi) is 4.56. The van der Waals surface area contributed by atoms with Crippen molar-refractivity contribution in [1.82, 2.24) is 4.90 Å². The Morgan fingerprint density at radius 3 is 2.68 bits per heavy atom. The fraction of sp³-hybridized carbons (Fsp3) is 0.435. The van der Waals surface area contributed by atoms with E-state index >= 15 is 0 Å². The number of benzene rings is 2. The number of carbonyl (C=O) groups excluding carboxylic acids is 1. The van der Waals surface area contributed by atoms with Crippen LogP contribution < -0.4 is 9.64 Å². The molecule has 1 unspecified atom stereocenters. The molecule has 2 aliphatic heterocycles. The summed E-state index contributed by atoms with van der Waals surface area (Å²) in [4.78, 5) is 17.7. The van der Waals surface area contributed by atoms with E-state index in [1.165, 1.54) is 6.07 Å². The Bertz CT molecular complexity index is 898. The summed E-state index contributed by atoms with van der Waals surface area (Å²) in [5.41, 5.74) is 1.14. The molecule has 0 aliphatic carbocycles. The monoisotopic (exact) mass is 382 g/mol. The van der Waals surface area contributed by atoms with Crippen molar-refractivity contribution in [2.75, 3.05) is 25.1 Å². The molecule has 2 heterocycles. The molecule has 0 radical (unpaired) electrons. The lowest BCUT2D eigenvalue weighted by atomic mass is 9.87. The predicted octanol–water partition coefficient (Wildman–Crippen LogP) is 4.50. The first-order valence-electron chi connectivity index (χ1n) is 9.84. The van der Waals surface area contributed by atoms with Crippen molar-refractivity contribution in [3.05, 3.63) is 59.9 Å². The average Bonchev–Trinajstić information content (AvgIpc) is 3.20. The first-order valence-corrected chi connectivity index (χ1v) is 9.84. The number of hydrogen-bond acceptors (Lipinski definition) is 3. The van der Waals surface area contributed by atoms with Crippen molar-refractivity contribution in [3.63, 3.8) is 0 Å². The molecule has 0 bridgehead atoms. The smallest absolute Gasteiger partial charge is 0.254 e. The van der Waals surface area contributed by atoms with Gasteiger partial charge in [0.1, 0.15) is 11.6 Å². The minimum absolute atomic E-state index is 0.0493. The normalized spacial score (nSPS) is 23.4. The molecule has 0 aromatic heterocycles. The van der Waals surface area contributed by atoms with E-state index < -0.39 is 0 Å². The molecular weight excluding hydrogens is 355 g/mol. The van der Waals surface area contributed by atoms with Crippen LogP contribution in [-0.2, 0) is 0 Å². The maximum Gasteiger partial charge on any atom is 0.254 e. The largest absolute Gasteiger partial charge is 0.497 e. The fourth-order valence-corrected chi connectivity index (χ4v) is 5.07. The minimum atomic E-state index is -0.231. The maximum absolute atomic E-state index is 13.8. The highest BCUT2D eigenvalue weighted by Crippen LogP contribution is 2.47. The molecule has 2 aromatic carbocycles. The number of carbonyl (C=O) groups is 1. The van der Waals surface area contributed by atoms with Crippen molar-refractivity contribution in [1.29, 1.82) is 0 Å². The maximum atomic E-state index is 13.8. The third-order valence-electron chi connectivity index (χ3n) is 6.22. The van der Waals surface area contributed by atoms with Gasteiger partial charge in [0.2, 0.25) is 0 Å². The quantitative estimate of drug-likeness (QED) is 0.784. The zero-order valence-electron chi connectivity index (χ0n) is 16.7. The second-order valence-electron chi connectivity index (χ2n) is 8.57. The Morgan fingerprint density at radius 1 is 1.14 bits per heavy atom. The molecule has 4 rings (SSSR count). The second kappa shape index (κ2) is 6.80. The molecule has 1 atom stereocenters. The lowest BCUT2D eigenvalue weighted by Gasteiger charge is -2.35. The van der Waals surface area contributed by atoms with Crippen molar-refractivity contribution < 1.29 is 13.9 Å². The van der Waals surface area contributed by atoms with Crippen LogP contribution in [0.1, 0.15) is 43.5 Å². The molecule has 5 heteroatoms. The predicted molar refractivity (Wildman–Crippen MR) is 108 cm³/mol. The third kappa shape index (κ3) is 3.13. The van der Waals surface area contributed by atoms with E-state index in [2.05, 4.69) is 18.7 Å². The van der Waals surface area contributed by atoms with E-state index in [-0.39, 0.29) is 22.8 Å². The average molecular weight is 382 g/mol. The van der Waals surface area contributed by atoms with E-state index in [0.29, 0.717) is 11.3 Å². The van der Waals surface area contributed by atoms with Crippen molar-refractivity contribution >= 4 is 11.6 Å². The zero-order valence-corrected chi connectivity index (χ0v) is 16.7. The molecule has 1 amide bonds. The van der Waals surface area contributed by atoms with Gasteiger partial charge in [0.05, 0.1) is 12.6 Å². The summed E-state index contributed by atoms with van der Waals surface area (Å²) in [6, 6.07) is 14.1. The lowest BCUT2D eigenvalue weighted by Crippen LogP contribution is -2.49. The van der Waals surface area contributed by atoms with Gasteiger partial charge in [-0.2, -0.15) is 0 Å². The Hall–Kier alpha value is -2.56. The van der Waals surface area contributed by atoms with E-state index in [1.807, 2.05) is 29.2 Å². The number of anilines is 1. The molecule has 2 aliphatic rings. The first kappa shape index (κ1) is 18.8. The number of likely N-dealkylation sites (tertiary alicyclic amines) is 1. The van der Waals surface area contributed by atoms with Gasteiger partial charge in [-0.15, -0.1) is 0 Å². The molecule has 1 spiro atoms. The van der Waals surface area contributed by atoms with Crippen LogP contribution in [0.5, 0.6) is 5.75 Å². The van der Waals surface area contributed by atoms with Crippen molar-refractivity contribution in [2.45, 2.75) is 44.2 Å². The number of hydrogen-bond donors (Lipinski definition) is 0. The van der Waals surface area contributed by atoms with Crippen LogP contribution in [0.3, 0.4) is 0 Å². The van der Waals surface area contributed by atoms with Crippen LogP contribution in [0.4, 0.5) is 10.1 Å². The van der Waals surface area contributed by atoms with Gasteiger partial charge >= 0.3 is 0 Å². The van der Waals surface area contributed by atoms with Crippen molar-refractivity contribution in [3.8, 4) is 5.75 Å². The highest BCUT2D eigenvalue weighted by Gasteiger charge is 2.54. The molecule has 2 aromatic rings.